The van der Waals surface area contributed by atoms with Gasteiger partial charge >= 0.3 is 0 Å². The number of hydrogen-bond donors (Lipinski definition) is 2. The number of benzene rings is 2. The maximum absolute atomic E-state index is 13.7. The Bertz CT molecular complexity index is 754. The van der Waals surface area contributed by atoms with Crippen molar-refractivity contribution in [3.8, 4) is 0 Å². The van der Waals surface area contributed by atoms with Crippen molar-refractivity contribution < 1.29 is 14.1 Å². The summed E-state index contributed by atoms with van der Waals surface area (Å²) in [7, 11) is 2.22. The predicted molar refractivity (Wildman–Crippen MR) is 98.7 cm³/mol. The monoisotopic (exact) mass is 342 g/mol. The van der Waals surface area contributed by atoms with Gasteiger partial charge in [-0.3, -0.25) is 4.79 Å². The molecule has 132 valence electrons. The van der Waals surface area contributed by atoms with Gasteiger partial charge in [-0.15, -0.1) is 0 Å². The summed E-state index contributed by atoms with van der Waals surface area (Å²) in [6, 6.07) is 12.5. The summed E-state index contributed by atoms with van der Waals surface area (Å²) in [4.78, 5) is 16.2. The molecular formula is C20H25FN3O+. The van der Waals surface area contributed by atoms with Crippen LogP contribution in [-0.2, 0) is 11.2 Å². The lowest BCUT2D eigenvalue weighted by atomic mass is 10.1. The van der Waals surface area contributed by atoms with Crippen molar-refractivity contribution in [2.24, 2.45) is 0 Å². The van der Waals surface area contributed by atoms with Crippen LogP contribution in [0.3, 0.4) is 0 Å². The Kier molecular flexibility index (Phi) is 5.34. The predicted octanol–water partition coefficient (Wildman–Crippen LogP) is 1.65. The topological polar surface area (TPSA) is 36.8 Å². The van der Waals surface area contributed by atoms with Crippen LogP contribution in [0.15, 0.2) is 42.5 Å². The average molecular weight is 342 g/mol. The number of halogens is 1. The zero-order valence-corrected chi connectivity index (χ0v) is 14.8. The highest BCUT2D eigenvalue weighted by Crippen LogP contribution is 2.23. The lowest BCUT2D eigenvalue weighted by molar-refractivity contribution is -0.880. The second kappa shape index (κ2) is 7.66. The van der Waals surface area contributed by atoms with Crippen LogP contribution in [0, 0.1) is 12.7 Å². The summed E-state index contributed by atoms with van der Waals surface area (Å²) in [5.74, 6) is -0.550. The number of nitrogens with one attached hydrogen (secondary N) is 2. The number of rotatable bonds is 4. The number of nitrogens with zero attached hydrogens (tertiary/aromatic N) is 1. The zero-order chi connectivity index (χ0) is 17.8. The van der Waals surface area contributed by atoms with Crippen LogP contribution in [0.1, 0.15) is 11.1 Å². The summed E-state index contributed by atoms with van der Waals surface area (Å²) in [6.45, 7) is 6.36. The van der Waals surface area contributed by atoms with E-state index in [1.165, 1.54) is 11.8 Å². The minimum absolute atomic E-state index is 0.0368. The summed E-state index contributed by atoms with van der Waals surface area (Å²) < 4.78 is 13.7. The second-order valence-electron chi connectivity index (χ2n) is 6.76. The molecule has 1 aliphatic rings. The molecule has 1 saturated heterocycles. The van der Waals surface area contributed by atoms with Crippen LogP contribution in [0.5, 0.6) is 0 Å². The fourth-order valence-electron chi connectivity index (χ4n) is 3.14. The third kappa shape index (κ3) is 4.37. The van der Waals surface area contributed by atoms with E-state index in [4.69, 9.17) is 0 Å². The van der Waals surface area contributed by atoms with Crippen LogP contribution in [-0.4, -0.2) is 39.1 Å². The molecule has 2 aromatic carbocycles. The first-order chi connectivity index (χ1) is 12.0. The van der Waals surface area contributed by atoms with Crippen molar-refractivity contribution in [2.75, 3.05) is 43.4 Å². The van der Waals surface area contributed by atoms with Gasteiger partial charge in [0.2, 0.25) is 5.91 Å². The average Bonchev–Trinajstić information content (AvgIpc) is 2.59. The minimum Gasteiger partial charge on any atom is -0.360 e. The Morgan fingerprint density at radius 2 is 1.92 bits per heavy atom. The molecule has 0 atom stereocenters. The largest absolute Gasteiger partial charge is 0.360 e. The fraction of sp³-hybridized carbons (Fsp3) is 0.350. The van der Waals surface area contributed by atoms with Crippen molar-refractivity contribution in [2.45, 2.75) is 13.3 Å². The lowest BCUT2D eigenvalue weighted by Crippen LogP contribution is -3.12. The van der Waals surface area contributed by atoms with Crippen LogP contribution in [0.25, 0.3) is 0 Å². The molecule has 0 unspecified atom stereocenters. The standard InChI is InChI=1S/C20H24FN3O/c1-15-13-17(24-11-9-23(2)10-12-24)7-8-19(15)22-20(25)14-16-5-3-4-6-18(16)21/h3-8,13H,9-12,14H2,1-2H3,(H,22,25)/p+1. The molecule has 0 bridgehead atoms. The molecule has 5 heteroatoms. The number of quaternary nitrogens is 1. The number of hydrogen-bond acceptors (Lipinski definition) is 2. The molecule has 0 saturated carbocycles. The molecular weight excluding hydrogens is 317 g/mol. The van der Waals surface area contributed by atoms with Gasteiger partial charge < -0.3 is 15.1 Å². The number of likely N-dealkylation sites (N-methyl/N-ethyl adjacent to an activating group) is 1. The van der Waals surface area contributed by atoms with Gasteiger partial charge in [-0.2, -0.15) is 0 Å². The first-order valence-corrected chi connectivity index (χ1v) is 8.73. The van der Waals surface area contributed by atoms with Crippen molar-refractivity contribution in [3.05, 3.63) is 59.4 Å². The molecule has 4 nitrogen and oxygen atoms in total. The lowest BCUT2D eigenvalue weighted by Gasteiger charge is -2.32. The number of amides is 1. The van der Waals surface area contributed by atoms with E-state index in [-0.39, 0.29) is 18.1 Å². The van der Waals surface area contributed by atoms with Crippen molar-refractivity contribution in [1.29, 1.82) is 0 Å². The minimum atomic E-state index is -0.345. The maximum Gasteiger partial charge on any atom is 0.228 e. The molecule has 1 heterocycles. The Labute approximate surface area is 148 Å². The first-order valence-electron chi connectivity index (χ1n) is 8.73. The van der Waals surface area contributed by atoms with Crippen LogP contribution in [0.2, 0.25) is 0 Å². The van der Waals surface area contributed by atoms with Gasteiger partial charge in [-0.1, -0.05) is 18.2 Å². The van der Waals surface area contributed by atoms with Gasteiger partial charge in [0.05, 0.1) is 39.6 Å². The van der Waals surface area contributed by atoms with Gasteiger partial charge in [-0.05, 0) is 42.3 Å². The summed E-state index contributed by atoms with van der Waals surface area (Å²) in [5, 5.41) is 2.89. The number of anilines is 2. The normalized spacial score (nSPS) is 15.2. The maximum atomic E-state index is 13.7. The molecule has 3 rings (SSSR count). The molecule has 1 aliphatic heterocycles. The third-order valence-electron chi connectivity index (χ3n) is 4.78. The zero-order valence-electron chi connectivity index (χ0n) is 14.8. The molecule has 0 aliphatic carbocycles. The molecule has 25 heavy (non-hydrogen) atoms. The van der Waals surface area contributed by atoms with Crippen molar-refractivity contribution in [3.63, 3.8) is 0 Å². The Hall–Kier alpha value is -2.40. The molecule has 1 fully saturated rings. The molecule has 0 radical (unpaired) electrons. The number of carbonyl (C=O) groups is 1. The molecule has 1 amide bonds. The van der Waals surface area contributed by atoms with Gasteiger partial charge in [0.15, 0.2) is 0 Å². The SMILES string of the molecule is Cc1cc(N2CC[NH+](C)CC2)ccc1NC(=O)Cc1ccccc1F. The third-order valence-corrected chi connectivity index (χ3v) is 4.78. The Balaban J connectivity index is 1.65. The van der Waals surface area contributed by atoms with E-state index in [1.54, 1.807) is 23.1 Å². The summed E-state index contributed by atoms with van der Waals surface area (Å²) in [6.07, 6.45) is 0.0368. The van der Waals surface area contributed by atoms with E-state index in [9.17, 15) is 9.18 Å². The highest BCUT2D eigenvalue weighted by Gasteiger charge is 2.17. The van der Waals surface area contributed by atoms with Crippen LogP contribution >= 0.6 is 0 Å². The number of carbonyl (C=O) groups excluding carboxylic acids is 1. The van der Waals surface area contributed by atoms with Gasteiger partial charge in [-0.25, -0.2) is 4.39 Å². The highest BCUT2D eigenvalue weighted by molar-refractivity contribution is 5.93. The molecule has 0 spiro atoms. The van der Waals surface area contributed by atoms with Crippen molar-refractivity contribution >= 4 is 17.3 Å². The summed E-state index contributed by atoms with van der Waals surface area (Å²) in [5.41, 5.74) is 3.40. The molecule has 2 aromatic rings. The van der Waals surface area contributed by atoms with E-state index in [2.05, 4.69) is 23.3 Å². The first kappa shape index (κ1) is 17.4. The summed E-state index contributed by atoms with van der Waals surface area (Å²) >= 11 is 0. The second-order valence-corrected chi connectivity index (χ2v) is 6.76. The Morgan fingerprint density at radius 3 is 2.60 bits per heavy atom. The highest BCUT2D eigenvalue weighted by atomic mass is 19.1. The van der Waals surface area contributed by atoms with Gasteiger partial charge in [0.1, 0.15) is 5.82 Å². The Morgan fingerprint density at radius 1 is 1.20 bits per heavy atom. The van der Waals surface area contributed by atoms with E-state index >= 15 is 0 Å². The van der Waals surface area contributed by atoms with Gasteiger partial charge in [0.25, 0.3) is 0 Å². The smallest absolute Gasteiger partial charge is 0.228 e. The van der Waals surface area contributed by atoms with Crippen LogP contribution in [0.4, 0.5) is 15.8 Å². The van der Waals surface area contributed by atoms with Crippen LogP contribution < -0.4 is 15.1 Å². The molecule has 2 N–H and O–H groups in total. The van der Waals surface area contributed by atoms with E-state index < -0.39 is 0 Å². The van der Waals surface area contributed by atoms with E-state index in [0.717, 1.165) is 37.4 Å². The fourth-order valence-corrected chi connectivity index (χ4v) is 3.14. The number of piperazine rings is 1. The van der Waals surface area contributed by atoms with Crippen molar-refractivity contribution in [1.82, 2.24) is 0 Å². The number of aryl methyl sites for hydroxylation is 1. The quantitative estimate of drug-likeness (QED) is 0.887. The molecule has 0 aromatic heterocycles. The van der Waals surface area contributed by atoms with E-state index in [0.29, 0.717) is 5.56 Å². The van der Waals surface area contributed by atoms with Gasteiger partial charge in [0, 0.05) is 11.4 Å². The van der Waals surface area contributed by atoms with E-state index in [1.807, 2.05) is 19.1 Å².